The summed E-state index contributed by atoms with van der Waals surface area (Å²) < 4.78 is 18.0. The Morgan fingerprint density at radius 1 is 0.804 bits per heavy atom. The molecule has 5 rings (SSSR count). The van der Waals surface area contributed by atoms with E-state index in [1.807, 2.05) is 139 Å². The fourth-order valence-electron chi connectivity index (χ4n) is 6.45. The fourth-order valence-corrected chi connectivity index (χ4v) is 6.45. The average molecular weight is 764 g/mol. The number of hydroxylamine groups is 1. The number of hydrogen-bond acceptors (Lipinski definition) is 8. The van der Waals surface area contributed by atoms with Crippen LogP contribution in [-0.4, -0.2) is 71.5 Å². The Balaban J connectivity index is 1.34. The van der Waals surface area contributed by atoms with Crippen molar-refractivity contribution in [1.29, 1.82) is 0 Å². The lowest BCUT2D eigenvalue weighted by Crippen LogP contribution is -2.55. The fraction of sp³-hybridized carbons (Fsp3) is 0.364. The standard InChI is InChI=1S/C44H53N5O7/c1-7-53-42(54-8-2)30(3)49(28-35-18-12-16-33-19-13-25-45-40(33)35)41(51)38(26-31-21-23-36(24-22-31)56-44(4,5)6)47-39(50)29-55-48-43(52)46-27-34-17-11-15-32-14-9-10-20-37(32)34/h9-25,30,38,42H,7-8,26-29H2,1-6H3,(H,47,50)(H2,46,48,52)/t30-,38-/m0/s1. The molecule has 0 fully saturated rings. The molecule has 0 bridgehead atoms. The lowest BCUT2D eigenvalue weighted by Gasteiger charge is -2.36. The number of benzene rings is 4. The monoisotopic (exact) mass is 763 g/mol. The molecule has 0 aliphatic carbocycles. The molecule has 0 saturated carbocycles. The van der Waals surface area contributed by atoms with E-state index in [2.05, 4.69) is 21.1 Å². The van der Waals surface area contributed by atoms with Crippen molar-refractivity contribution >= 4 is 39.5 Å². The van der Waals surface area contributed by atoms with Gasteiger partial charge < -0.3 is 29.7 Å². The molecule has 0 radical (unpaired) electrons. The van der Waals surface area contributed by atoms with Crippen molar-refractivity contribution in [1.82, 2.24) is 26.0 Å². The van der Waals surface area contributed by atoms with E-state index in [9.17, 15) is 14.4 Å². The van der Waals surface area contributed by atoms with Crippen LogP contribution in [-0.2, 0) is 43.4 Å². The molecule has 0 unspecified atom stereocenters. The number of rotatable bonds is 18. The van der Waals surface area contributed by atoms with Crippen molar-refractivity contribution in [3.05, 3.63) is 120 Å². The number of fused-ring (bicyclic) bond motifs is 2. The molecular weight excluding hydrogens is 711 g/mol. The van der Waals surface area contributed by atoms with E-state index in [0.29, 0.717) is 19.0 Å². The van der Waals surface area contributed by atoms with Gasteiger partial charge in [0.1, 0.15) is 17.4 Å². The predicted molar refractivity (Wildman–Crippen MR) is 217 cm³/mol. The van der Waals surface area contributed by atoms with Gasteiger partial charge in [0, 0.05) is 44.3 Å². The second-order valence-electron chi connectivity index (χ2n) is 14.4. The highest BCUT2D eigenvalue weighted by atomic mass is 16.7. The van der Waals surface area contributed by atoms with Crippen molar-refractivity contribution < 1.29 is 33.4 Å². The van der Waals surface area contributed by atoms with Crippen molar-refractivity contribution in [3.63, 3.8) is 0 Å². The van der Waals surface area contributed by atoms with Gasteiger partial charge in [-0.2, -0.15) is 0 Å². The van der Waals surface area contributed by atoms with E-state index < -0.39 is 36.9 Å². The SMILES string of the molecule is CCOC(OCC)[C@H](C)N(Cc1cccc2cccnc12)C(=O)[C@H](Cc1ccc(OC(C)(C)C)cc1)NC(=O)CONC(=O)NCc1cccc2ccccc12. The van der Waals surface area contributed by atoms with Crippen LogP contribution in [0.4, 0.5) is 4.79 Å². The Kier molecular flexibility index (Phi) is 14.7. The molecule has 5 aromatic rings. The average Bonchev–Trinajstić information content (AvgIpc) is 3.18. The molecule has 4 amide bonds. The summed E-state index contributed by atoms with van der Waals surface area (Å²) in [5.41, 5.74) is 5.21. The van der Waals surface area contributed by atoms with Crippen LogP contribution in [0.3, 0.4) is 0 Å². The molecule has 12 nitrogen and oxygen atoms in total. The second kappa shape index (κ2) is 19.9. The quantitative estimate of drug-likeness (QED) is 0.0652. The van der Waals surface area contributed by atoms with Crippen LogP contribution < -0.4 is 20.9 Å². The van der Waals surface area contributed by atoms with Crippen molar-refractivity contribution in [2.24, 2.45) is 0 Å². The van der Waals surface area contributed by atoms with Crippen molar-refractivity contribution in [3.8, 4) is 5.75 Å². The summed E-state index contributed by atoms with van der Waals surface area (Å²) in [4.78, 5) is 52.6. The predicted octanol–water partition coefficient (Wildman–Crippen LogP) is 6.84. The third-order valence-corrected chi connectivity index (χ3v) is 9.00. The minimum absolute atomic E-state index is 0.157. The molecule has 2 atom stereocenters. The third-order valence-electron chi connectivity index (χ3n) is 9.00. The number of amides is 4. The summed E-state index contributed by atoms with van der Waals surface area (Å²) >= 11 is 0. The minimum atomic E-state index is -1.03. The Hall–Kier alpha value is -5.56. The van der Waals surface area contributed by atoms with Gasteiger partial charge in [0.2, 0.25) is 11.8 Å². The molecular formula is C44H53N5O7. The number of hydrogen-bond donors (Lipinski definition) is 3. The van der Waals surface area contributed by atoms with E-state index in [0.717, 1.165) is 38.4 Å². The first-order valence-electron chi connectivity index (χ1n) is 19.0. The van der Waals surface area contributed by atoms with Gasteiger partial charge in [0.05, 0.1) is 11.6 Å². The molecule has 1 aromatic heterocycles. The van der Waals surface area contributed by atoms with E-state index >= 15 is 0 Å². The maximum absolute atomic E-state index is 14.9. The summed E-state index contributed by atoms with van der Waals surface area (Å²) in [6.07, 6.45) is 1.14. The summed E-state index contributed by atoms with van der Waals surface area (Å²) in [6.45, 7) is 12.1. The van der Waals surface area contributed by atoms with Crippen LogP contribution in [0.25, 0.3) is 21.7 Å². The number of para-hydroxylation sites is 1. The van der Waals surface area contributed by atoms with Gasteiger partial charge in [-0.1, -0.05) is 78.9 Å². The molecule has 1 heterocycles. The highest BCUT2D eigenvalue weighted by Gasteiger charge is 2.34. The van der Waals surface area contributed by atoms with E-state index in [1.165, 1.54) is 0 Å². The van der Waals surface area contributed by atoms with Crippen LogP contribution >= 0.6 is 0 Å². The number of urea groups is 1. The lowest BCUT2D eigenvalue weighted by molar-refractivity contribution is -0.179. The van der Waals surface area contributed by atoms with Crippen LogP contribution in [0.1, 0.15) is 58.2 Å². The maximum Gasteiger partial charge on any atom is 0.338 e. The number of nitrogens with one attached hydrogen (secondary N) is 3. The molecule has 296 valence electrons. The largest absolute Gasteiger partial charge is 0.488 e. The Morgan fingerprint density at radius 3 is 2.18 bits per heavy atom. The number of pyridine rings is 1. The van der Waals surface area contributed by atoms with Gasteiger partial charge >= 0.3 is 6.03 Å². The summed E-state index contributed by atoms with van der Waals surface area (Å²) in [5.74, 6) is -0.281. The molecule has 0 aliphatic rings. The zero-order chi connectivity index (χ0) is 40.1. The Morgan fingerprint density at radius 2 is 1.46 bits per heavy atom. The van der Waals surface area contributed by atoms with Crippen LogP contribution in [0.15, 0.2) is 103 Å². The minimum Gasteiger partial charge on any atom is -0.488 e. The molecule has 4 aromatic carbocycles. The van der Waals surface area contributed by atoms with Gasteiger partial charge in [-0.15, -0.1) is 0 Å². The van der Waals surface area contributed by atoms with E-state index in [-0.39, 0.29) is 31.0 Å². The first-order chi connectivity index (χ1) is 27.0. The van der Waals surface area contributed by atoms with E-state index in [1.54, 1.807) is 11.1 Å². The van der Waals surface area contributed by atoms with Crippen molar-refractivity contribution in [2.75, 3.05) is 19.8 Å². The number of carbonyl (C=O) groups is 3. The number of aromatic nitrogens is 1. The third kappa shape index (κ3) is 11.7. The van der Waals surface area contributed by atoms with Gasteiger partial charge in [-0.25, -0.2) is 10.3 Å². The lowest BCUT2D eigenvalue weighted by atomic mass is 10.0. The number of nitrogens with zero attached hydrogens (tertiary/aromatic N) is 2. The first kappa shape index (κ1) is 41.6. The Bertz CT molecular complexity index is 2050. The van der Waals surface area contributed by atoms with Gasteiger partial charge in [-0.3, -0.25) is 19.4 Å². The van der Waals surface area contributed by atoms with Gasteiger partial charge in [0.15, 0.2) is 12.9 Å². The van der Waals surface area contributed by atoms with Gasteiger partial charge in [-0.05, 0) is 87.2 Å². The zero-order valence-electron chi connectivity index (χ0n) is 33.0. The number of ether oxygens (including phenoxy) is 3. The molecule has 0 aliphatic heterocycles. The van der Waals surface area contributed by atoms with Crippen LogP contribution in [0.2, 0.25) is 0 Å². The number of carbonyl (C=O) groups excluding carboxylic acids is 3. The zero-order valence-corrected chi connectivity index (χ0v) is 33.0. The Labute approximate surface area is 328 Å². The summed E-state index contributed by atoms with van der Waals surface area (Å²) in [5, 5.41) is 8.66. The van der Waals surface area contributed by atoms with Crippen LogP contribution in [0, 0.1) is 0 Å². The second-order valence-corrected chi connectivity index (χ2v) is 14.4. The van der Waals surface area contributed by atoms with E-state index in [4.69, 9.17) is 19.0 Å². The van der Waals surface area contributed by atoms with Gasteiger partial charge in [0.25, 0.3) is 0 Å². The topological polar surface area (TPSA) is 140 Å². The molecule has 0 spiro atoms. The molecule has 56 heavy (non-hydrogen) atoms. The molecule has 3 N–H and O–H groups in total. The summed E-state index contributed by atoms with van der Waals surface area (Å²) in [7, 11) is 0. The molecule has 0 saturated heterocycles. The van der Waals surface area contributed by atoms with Crippen molar-refractivity contribution in [2.45, 2.75) is 85.0 Å². The summed E-state index contributed by atoms with van der Waals surface area (Å²) in [6, 6.07) is 28.7. The maximum atomic E-state index is 14.9. The normalized spacial score (nSPS) is 12.6. The highest BCUT2D eigenvalue weighted by Crippen LogP contribution is 2.24. The molecule has 12 heteroatoms. The first-order valence-corrected chi connectivity index (χ1v) is 19.0. The highest BCUT2D eigenvalue weighted by molar-refractivity contribution is 5.89. The van der Waals surface area contributed by atoms with Crippen LogP contribution in [0.5, 0.6) is 5.75 Å². The smallest absolute Gasteiger partial charge is 0.338 e.